The molecular weight excluding hydrogens is 436 g/mol. The highest BCUT2D eigenvalue weighted by Crippen LogP contribution is 2.26. The van der Waals surface area contributed by atoms with Crippen molar-refractivity contribution in [3.05, 3.63) is 88.7 Å². The van der Waals surface area contributed by atoms with Crippen molar-refractivity contribution >= 4 is 5.91 Å². The predicted octanol–water partition coefficient (Wildman–Crippen LogP) is 3.71. The van der Waals surface area contributed by atoms with Crippen LogP contribution in [0.3, 0.4) is 0 Å². The maximum atomic E-state index is 13.5. The average Bonchev–Trinajstić information content (AvgIpc) is 3.26. The first-order valence-corrected chi connectivity index (χ1v) is 13.0. The third kappa shape index (κ3) is 5.82. The Morgan fingerprint density at radius 1 is 0.886 bits per heavy atom. The van der Waals surface area contributed by atoms with E-state index in [4.69, 9.17) is 5.10 Å². The van der Waals surface area contributed by atoms with Crippen LogP contribution < -0.4 is 0 Å². The summed E-state index contributed by atoms with van der Waals surface area (Å²) in [6.45, 7) is 4.80. The van der Waals surface area contributed by atoms with Crippen LogP contribution in [0.5, 0.6) is 0 Å². The minimum atomic E-state index is -0.295. The van der Waals surface area contributed by atoms with E-state index in [0.29, 0.717) is 31.6 Å². The van der Waals surface area contributed by atoms with E-state index in [2.05, 4.69) is 64.2 Å². The van der Waals surface area contributed by atoms with Gasteiger partial charge in [-0.3, -0.25) is 14.4 Å². The lowest BCUT2D eigenvalue weighted by Gasteiger charge is -2.30. The first-order valence-electron chi connectivity index (χ1n) is 13.0. The summed E-state index contributed by atoms with van der Waals surface area (Å²) in [6.07, 6.45) is 5.00. The lowest BCUT2D eigenvalue weighted by Crippen LogP contribution is -2.41. The average molecular weight is 473 g/mol. The van der Waals surface area contributed by atoms with Crippen LogP contribution in [-0.2, 0) is 32.4 Å². The molecule has 3 heterocycles. The topological polar surface area (TPSA) is 61.6 Å². The van der Waals surface area contributed by atoms with Crippen molar-refractivity contribution in [2.45, 2.75) is 57.7 Å². The van der Waals surface area contributed by atoms with Gasteiger partial charge in [0, 0.05) is 50.4 Å². The van der Waals surface area contributed by atoms with Gasteiger partial charge in [-0.1, -0.05) is 60.7 Å². The van der Waals surface area contributed by atoms with E-state index in [-0.39, 0.29) is 12.0 Å². The highest BCUT2D eigenvalue weighted by atomic mass is 16.3. The van der Waals surface area contributed by atoms with Crippen molar-refractivity contribution in [3.8, 4) is 0 Å². The minimum absolute atomic E-state index is 0.0257. The Morgan fingerprint density at radius 2 is 1.54 bits per heavy atom. The number of aliphatic hydroxyl groups is 1. The van der Waals surface area contributed by atoms with E-state index >= 15 is 0 Å². The standard InChI is InChI=1S/C29H36N4O2/c34-25-14-19-32(20-15-25)29(35)28-26-22-31(17-7-12-23-8-3-1-4-9-23)18-16-27(26)33(30-28)21-13-24-10-5-2-6-11-24/h1-6,8-11,25,34H,7,12-22H2. The van der Waals surface area contributed by atoms with Gasteiger partial charge in [-0.25, -0.2) is 0 Å². The highest BCUT2D eigenvalue weighted by Gasteiger charge is 2.31. The molecule has 184 valence electrons. The monoisotopic (exact) mass is 472 g/mol. The first kappa shape index (κ1) is 23.8. The summed E-state index contributed by atoms with van der Waals surface area (Å²) in [7, 11) is 0. The van der Waals surface area contributed by atoms with Gasteiger partial charge < -0.3 is 10.0 Å². The number of fused-ring (bicyclic) bond motifs is 1. The molecule has 0 aliphatic carbocycles. The normalized spacial score (nSPS) is 16.9. The van der Waals surface area contributed by atoms with Crippen LogP contribution in [0.2, 0.25) is 0 Å². The second kappa shape index (κ2) is 11.2. The molecule has 0 atom stereocenters. The Kier molecular flexibility index (Phi) is 7.60. The van der Waals surface area contributed by atoms with Crippen molar-refractivity contribution in [3.63, 3.8) is 0 Å². The number of rotatable bonds is 8. The number of aliphatic hydroxyl groups excluding tert-OH is 1. The van der Waals surface area contributed by atoms with Gasteiger partial charge >= 0.3 is 0 Å². The van der Waals surface area contributed by atoms with Crippen LogP contribution in [0.25, 0.3) is 0 Å². The van der Waals surface area contributed by atoms with Crippen molar-refractivity contribution in [2.24, 2.45) is 0 Å². The number of carbonyl (C=O) groups is 1. The van der Waals surface area contributed by atoms with Crippen molar-refractivity contribution in [1.29, 1.82) is 0 Å². The van der Waals surface area contributed by atoms with Gasteiger partial charge in [0.05, 0.1) is 6.10 Å². The summed E-state index contributed by atoms with van der Waals surface area (Å²) >= 11 is 0. The Hall–Kier alpha value is -2.96. The summed E-state index contributed by atoms with van der Waals surface area (Å²) in [5, 5.41) is 14.8. The summed E-state index contributed by atoms with van der Waals surface area (Å²) in [5.74, 6) is 0.0257. The summed E-state index contributed by atoms with van der Waals surface area (Å²) in [5.41, 5.74) is 5.62. The van der Waals surface area contributed by atoms with E-state index in [9.17, 15) is 9.90 Å². The smallest absolute Gasteiger partial charge is 0.274 e. The van der Waals surface area contributed by atoms with Crippen LogP contribution in [-0.4, -0.2) is 62.9 Å². The third-order valence-electron chi connectivity index (χ3n) is 7.41. The number of hydrogen-bond acceptors (Lipinski definition) is 4. The molecule has 3 aromatic rings. The summed E-state index contributed by atoms with van der Waals surface area (Å²) in [4.78, 5) is 17.9. The molecule has 5 rings (SSSR count). The summed E-state index contributed by atoms with van der Waals surface area (Å²) in [6, 6.07) is 21.1. The number of piperidine rings is 1. The fourth-order valence-electron chi connectivity index (χ4n) is 5.34. The molecule has 1 saturated heterocycles. The Balaban J connectivity index is 1.31. The molecule has 2 aromatic carbocycles. The second-order valence-electron chi connectivity index (χ2n) is 9.87. The number of carbonyl (C=O) groups excluding carboxylic acids is 1. The molecule has 1 fully saturated rings. The molecule has 6 heteroatoms. The van der Waals surface area contributed by atoms with Gasteiger partial charge in [0.25, 0.3) is 5.91 Å². The zero-order chi connectivity index (χ0) is 24.0. The molecule has 35 heavy (non-hydrogen) atoms. The number of hydrogen-bond donors (Lipinski definition) is 1. The second-order valence-corrected chi connectivity index (χ2v) is 9.87. The van der Waals surface area contributed by atoms with E-state index < -0.39 is 0 Å². The van der Waals surface area contributed by atoms with Crippen LogP contribution in [0.15, 0.2) is 60.7 Å². The Morgan fingerprint density at radius 3 is 2.23 bits per heavy atom. The SMILES string of the molecule is O=C(c1nn(CCc2ccccc2)c2c1CN(CCCc1ccccc1)CC2)N1CCC(O)CC1. The number of nitrogens with zero attached hydrogens (tertiary/aromatic N) is 4. The molecule has 0 radical (unpaired) electrons. The van der Waals surface area contributed by atoms with E-state index in [1.165, 1.54) is 16.8 Å². The van der Waals surface area contributed by atoms with Crippen molar-refractivity contribution in [2.75, 3.05) is 26.2 Å². The van der Waals surface area contributed by atoms with Gasteiger partial charge in [0.15, 0.2) is 5.69 Å². The lowest BCUT2D eigenvalue weighted by molar-refractivity contribution is 0.0539. The van der Waals surface area contributed by atoms with Crippen molar-refractivity contribution in [1.82, 2.24) is 19.6 Å². The Bertz CT molecular complexity index is 1100. The number of amides is 1. The summed E-state index contributed by atoms with van der Waals surface area (Å²) < 4.78 is 2.09. The largest absolute Gasteiger partial charge is 0.393 e. The number of benzene rings is 2. The van der Waals surface area contributed by atoms with E-state index in [1.54, 1.807) is 0 Å². The fourth-order valence-corrected chi connectivity index (χ4v) is 5.34. The molecule has 0 spiro atoms. The van der Waals surface area contributed by atoms with Gasteiger partial charge in [0.2, 0.25) is 0 Å². The van der Waals surface area contributed by atoms with Gasteiger partial charge in [-0.15, -0.1) is 0 Å². The quantitative estimate of drug-likeness (QED) is 0.543. The zero-order valence-corrected chi connectivity index (χ0v) is 20.5. The predicted molar refractivity (Wildman–Crippen MR) is 137 cm³/mol. The van der Waals surface area contributed by atoms with E-state index in [1.807, 2.05) is 11.0 Å². The lowest BCUT2D eigenvalue weighted by atomic mass is 10.0. The first-order chi connectivity index (χ1) is 17.2. The molecule has 1 N–H and O–H groups in total. The molecular formula is C29H36N4O2. The number of likely N-dealkylation sites (tertiary alicyclic amines) is 1. The van der Waals surface area contributed by atoms with Crippen LogP contribution in [0, 0.1) is 0 Å². The molecule has 0 saturated carbocycles. The number of aromatic nitrogens is 2. The molecule has 0 bridgehead atoms. The van der Waals surface area contributed by atoms with Crippen LogP contribution in [0.1, 0.15) is 52.1 Å². The molecule has 6 nitrogen and oxygen atoms in total. The van der Waals surface area contributed by atoms with Crippen LogP contribution >= 0.6 is 0 Å². The number of aryl methyl sites for hydroxylation is 3. The molecule has 2 aliphatic rings. The molecule has 0 unspecified atom stereocenters. The molecule has 1 aromatic heterocycles. The maximum Gasteiger partial charge on any atom is 0.274 e. The fraction of sp³-hybridized carbons (Fsp3) is 0.448. The van der Waals surface area contributed by atoms with E-state index in [0.717, 1.165) is 57.4 Å². The van der Waals surface area contributed by atoms with Gasteiger partial charge in [0.1, 0.15) is 0 Å². The molecule has 2 aliphatic heterocycles. The highest BCUT2D eigenvalue weighted by molar-refractivity contribution is 5.94. The van der Waals surface area contributed by atoms with Crippen molar-refractivity contribution < 1.29 is 9.90 Å². The van der Waals surface area contributed by atoms with Crippen LogP contribution in [0.4, 0.5) is 0 Å². The third-order valence-corrected chi connectivity index (χ3v) is 7.41. The van der Waals surface area contributed by atoms with Gasteiger partial charge in [-0.2, -0.15) is 5.10 Å². The Labute approximate surface area is 208 Å². The van der Waals surface area contributed by atoms with Gasteiger partial charge in [-0.05, 0) is 49.8 Å². The zero-order valence-electron chi connectivity index (χ0n) is 20.5. The molecule has 1 amide bonds. The minimum Gasteiger partial charge on any atom is -0.393 e. The maximum absolute atomic E-state index is 13.5.